The smallest absolute Gasteiger partial charge is 0.287 e. The maximum atomic E-state index is 11.5. The van der Waals surface area contributed by atoms with Crippen LogP contribution in [0.25, 0.3) is 0 Å². The zero-order valence-electron chi connectivity index (χ0n) is 9.44. The van der Waals surface area contributed by atoms with E-state index in [1.807, 2.05) is 0 Å². The third-order valence-electron chi connectivity index (χ3n) is 2.41. The summed E-state index contributed by atoms with van der Waals surface area (Å²) < 4.78 is 0. The summed E-state index contributed by atoms with van der Waals surface area (Å²) >= 11 is 11.9. The number of nitrogens with zero attached hydrogens (tertiary/aromatic N) is 1. The Labute approximate surface area is 114 Å². The molecule has 0 radical (unpaired) electrons. The highest BCUT2D eigenvalue weighted by atomic mass is 35.5. The highest BCUT2D eigenvalue weighted by Crippen LogP contribution is 2.25. The summed E-state index contributed by atoms with van der Waals surface area (Å²) in [6, 6.07) is 5.06. The normalized spacial score (nSPS) is 18.2. The Kier molecular flexibility index (Phi) is 4.06. The molecule has 0 aliphatic carbocycles. The van der Waals surface area contributed by atoms with Crippen molar-refractivity contribution in [2.75, 3.05) is 7.11 Å². The summed E-state index contributed by atoms with van der Waals surface area (Å²) in [5.41, 5.74) is 3.50. The number of amides is 1. The van der Waals surface area contributed by atoms with Gasteiger partial charge in [0, 0.05) is 17.0 Å². The van der Waals surface area contributed by atoms with Gasteiger partial charge in [0.15, 0.2) is 0 Å². The second-order valence-corrected chi connectivity index (χ2v) is 4.47. The maximum absolute atomic E-state index is 11.5. The van der Waals surface area contributed by atoms with Gasteiger partial charge in [0.25, 0.3) is 5.91 Å². The Bertz CT molecular complexity index is 505. The van der Waals surface area contributed by atoms with E-state index < -0.39 is 6.10 Å². The number of halogens is 2. The highest BCUT2D eigenvalue weighted by molar-refractivity contribution is 6.37. The Morgan fingerprint density at radius 1 is 1.56 bits per heavy atom. The van der Waals surface area contributed by atoms with Crippen molar-refractivity contribution in [1.29, 1.82) is 0 Å². The van der Waals surface area contributed by atoms with Crippen molar-refractivity contribution in [2.24, 2.45) is 5.16 Å². The van der Waals surface area contributed by atoms with E-state index in [-0.39, 0.29) is 5.91 Å². The zero-order chi connectivity index (χ0) is 13.1. The lowest BCUT2D eigenvalue weighted by atomic mass is 10.0. The Morgan fingerprint density at radius 3 is 3.00 bits per heavy atom. The fourth-order valence-corrected chi connectivity index (χ4v) is 2.08. The molecule has 0 spiro atoms. The number of hydroxylamine groups is 1. The van der Waals surface area contributed by atoms with Crippen molar-refractivity contribution in [3.8, 4) is 0 Å². The molecule has 0 fully saturated rings. The van der Waals surface area contributed by atoms with Gasteiger partial charge in [-0.3, -0.25) is 9.63 Å². The molecule has 7 heteroatoms. The molecule has 0 saturated carbocycles. The minimum Gasteiger partial charge on any atom is -0.382 e. The van der Waals surface area contributed by atoms with Gasteiger partial charge in [-0.25, -0.2) is 5.48 Å². The standard InChI is InChI=1S/C11H10Cl2N2O3/c1-17-15-11(16)10-5-9(14-18-10)7-3-2-6(12)4-8(7)13/h2-4,10H,5H2,1H3,(H,15,16)/t10-/m0/s1. The van der Waals surface area contributed by atoms with Crippen molar-refractivity contribution in [3.05, 3.63) is 33.8 Å². The van der Waals surface area contributed by atoms with Gasteiger partial charge in [0.1, 0.15) is 0 Å². The van der Waals surface area contributed by atoms with E-state index in [1.165, 1.54) is 7.11 Å². The number of carbonyl (C=O) groups is 1. The summed E-state index contributed by atoms with van der Waals surface area (Å²) in [6.07, 6.45) is -0.372. The average Bonchev–Trinajstić information content (AvgIpc) is 2.78. The minimum absolute atomic E-state index is 0.330. The number of oxime groups is 1. The first-order chi connectivity index (χ1) is 8.61. The van der Waals surface area contributed by atoms with Crippen molar-refractivity contribution >= 4 is 34.8 Å². The third kappa shape index (κ3) is 2.75. The van der Waals surface area contributed by atoms with E-state index in [0.29, 0.717) is 27.7 Å². The lowest BCUT2D eigenvalue weighted by Crippen LogP contribution is -2.33. The van der Waals surface area contributed by atoms with Crippen LogP contribution in [0.1, 0.15) is 12.0 Å². The van der Waals surface area contributed by atoms with Crippen molar-refractivity contribution in [3.63, 3.8) is 0 Å². The van der Waals surface area contributed by atoms with Gasteiger partial charge in [-0.1, -0.05) is 34.4 Å². The summed E-state index contributed by atoms with van der Waals surface area (Å²) in [6.45, 7) is 0. The third-order valence-corrected chi connectivity index (χ3v) is 2.95. The fourth-order valence-electron chi connectivity index (χ4n) is 1.57. The Balaban J connectivity index is 2.10. The van der Waals surface area contributed by atoms with Gasteiger partial charge in [-0.2, -0.15) is 0 Å². The van der Waals surface area contributed by atoms with Crippen LogP contribution in [0.4, 0.5) is 0 Å². The van der Waals surface area contributed by atoms with E-state index in [1.54, 1.807) is 18.2 Å². The van der Waals surface area contributed by atoms with Crippen LogP contribution in [0, 0.1) is 0 Å². The van der Waals surface area contributed by atoms with Crippen molar-refractivity contribution < 1.29 is 14.5 Å². The zero-order valence-corrected chi connectivity index (χ0v) is 11.0. The topological polar surface area (TPSA) is 59.9 Å². The predicted octanol–water partition coefficient (Wildman–Crippen LogP) is 2.16. The van der Waals surface area contributed by atoms with Crippen molar-refractivity contribution in [2.45, 2.75) is 12.5 Å². The first-order valence-electron chi connectivity index (χ1n) is 5.12. The number of hydrogen-bond acceptors (Lipinski definition) is 4. The van der Waals surface area contributed by atoms with Crippen LogP contribution in [-0.4, -0.2) is 24.8 Å². The Morgan fingerprint density at radius 2 is 2.33 bits per heavy atom. The SMILES string of the molecule is CONC(=O)[C@@H]1CC(c2ccc(Cl)cc2Cl)=NO1. The van der Waals surface area contributed by atoms with Gasteiger partial charge in [0.2, 0.25) is 6.10 Å². The molecular weight excluding hydrogens is 279 g/mol. The number of benzene rings is 1. The molecule has 18 heavy (non-hydrogen) atoms. The Hall–Kier alpha value is -1.30. The lowest BCUT2D eigenvalue weighted by molar-refractivity contribution is -0.141. The van der Waals surface area contributed by atoms with Gasteiger partial charge in [-0.05, 0) is 12.1 Å². The summed E-state index contributed by atoms with van der Waals surface area (Å²) in [5, 5.41) is 4.86. The first kappa shape index (κ1) is 13.1. The average molecular weight is 289 g/mol. The van der Waals surface area contributed by atoms with E-state index in [4.69, 9.17) is 28.0 Å². The molecule has 1 aromatic carbocycles. The highest BCUT2D eigenvalue weighted by Gasteiger charge is 2.29. The van der Waals surface area contributed by atoms with Gasteiger partial charge in [0.05, 0.1) is 17.8 Å². The van der Waals surface area contributed by atoms with Crippen LogP contribution in [0.5, 0.6) is 0 Å². The number of hydrogen-bond donors (Lipinski definition) is 1. The molecule has 1 heterocycles. The predicted molar refractivity (Wildman–Crippen MR) is 67.6 cm³/mol. The molecule has 0 saturated heterocycles. The minimum atomic E-state index is -0.702. The molecule has 1 aliphatic heterocycles. The monoisotopic (exact) mass is 288 g/mol. The van der Waals surface area contributed by atoms with Crippen LogP contribution in [0.15, 0.2) is 23.4 Å². The first-order valence-corrected chi connectivity index (χ1v) is 5.88. The van der Waals surface area contributed by atoms with Gasteiger partial charge in [-0.15, -0.1) is 0 Å². The molecule has 1 aliphatic rings. The molecule has 0 aromatic heterocycles. The fraction of sp³-hybridized carbons (Fsp3) is 0.273. The number of nitrogens with one attached hydrogen (secondary N) is 1. The maximum Gasteiger partial charge on any atom is 0.287 e. The lowest BCUT2D eigenvalue weighted by Gasteiger charge is -2.07. The van der Waals surface area contributed by atoms with E-state index in [0.717, 1.165) is 0 Å². The summed E-state index contributed by atoms with van der Waals surface area (Å²) in [7, 11) is 1.35. The molecule has 5 nitrogen and oxygen atoms in total. The van der Waals surface area contributed by atoms with Crippen LogP contribution < -0.4 is 5.48 Å². The second kappa shape index (κ2) is 5.56. The van der Waals surface area contributed by atoms with Crippen LogP contribution in [0.3, 0.4) is 0 Å². The van der Waals surface area contributed by atoms with E-state index in [2.05, 4.69) is 15.5 Å². The quantitative estimate of drug-likeness (QED) is 0.867. The number of rotatable bonds is 3. The molecule has 1 atom stereocenters. The molecule has 2 rings (SSSR count). The van der Waals surface area contributed by atoms with Gasteiger partial charge >= 0.3 is 0 Å². The molecule has 1 aromatic rings. The van der Waals surface area contributed by atoms with E-state index in [9.17, 15) is 4.79 Å². The molecule has 0 bridgehead atoms. The van der Waals surface area contributed by atoms with Crippen LogP contribution >= 0.6 is 23.2 Å². The molecule has 96 valence electrons. The molecular formula is C11H10Cl2N2O3. The molecule has 1 N–H and O–H groups in total. The summed E-state index contributed by atoms with van der Waals surface area (Å²) in [5.74, 6) is -0.388. The largest absolute Gasteiger partial charge is 0.382 e. The van der Waals surface area contributed by atoms with Crippen LogP contribution in [0.2, 0.25) is 10.0 Å². The number of carbonyl (C=O) groups excluding carboxylic acids is 1. The molecule has 1 amide bonds. The summed E-state index contributed by atoms with van der Waals surface area (Å²) in [4.78, 5) is 21.0. The van der Waals surface area contributed by atoms with Crippen molar-refractivity contribution in [1.82, 2.24) is 5.48 Å². The second-order valence-electron chi connectivity index (χ2n) is 3.63. The molecule has 0 unspecified atom stereocenters. The van der Waals surface area contributed by atoms with Crippen LogP contribution in [-0.2, 0) is 14.5 Å². The van der Waals surface area contributed by atoms with Gasteiger partial charge < -0.3 is 4.84 Å². The van der Waals surface area contributed by atoms with E-state index >= 15 is 0 Å².